The predicted molar refractivity (Wildman–Crippen MR) is 208 cm³/mol. The van der Waals surface area contributed by atoms with Gasteiger partial charge in [0, 0.05) is 32.9 Å². The zero-order valence-electron chi connectivity index (χ0n) is 28.0. The number of hydrogen-bond acceptors (Lipinski definition) is 3. The van der Waals surface area contributed by atoms with Crippen LogP contribution in [-0.2, 0) is 5.41 Å². The monoisotopic (exact) mass is 652 g/mol. The Morgan fingerprint density at radius 2 is 1.02 bits per heavy atom. The van der Waals surface area contributed by atoms with Crippen molar-refractivity contribution in [2.75, 3.05) is 0 Å². The second-order valence-corrected chi connectivity index (χ2v) is 13.5. The molecule has 0 spiro atoms. The van der Waals surface area contributed by atoms with E-state index in [0.29, 0.717) is 5.82 Å². The van der Waals surface area contributed by atoms with E-state index in [1.807, 2.05) is 36.4 Å². The summed E-state index contributed by atoms with van der Waals surface area (Å²) in [6.45, 7) is 2.36. The third-order valence-corrected chi connectivity index (χ3v) is 10.6. The lowest BCUT2D eigenvalue weighted by molar-refractivity contribution is 0.669. The first kappa shape index (κ1) is 29.3. The number of benzene rings is 7. The van der Waals surface area contributed by atoms with Gasteiger partial charge in [-0.1, -0.05) is 140 Å². The minimum atomic E-state index is -0.256. The van der Waals surface area contributed by atoms with Crippen molar-refractivity contribution < 1.29 is 4.42 Å². The van der Waals surface area contributed by atoms with Gasteiger partial charge in [0.15, 0.2) is 5.82 Å². The van der Waals surface area contributed by atoms with Crippen molar-refractivity contribution in [1.82, 2.24) is 9.97 Å². The van der Waals surface area contributed by atoms with Crippen LogP contribution in [0.4, 0.5) is 0 Å². The van der Waals surface area contributed by atoms with Crippen LogP contribution in [0.2, 0.25) is 0 Å². The first-order chi connectivity index (χ1) is 25.1. The molecule has 1 unspecified atom stereocenters. The SMILES string of the molecule is CC1(c2ccccc2)c2ccccc2-c2ccc(-c3cccc(-c4cc(-c5ccc6c(c5)oc5ccccc56)nc(-c5ccccc5)n4)c3)cc21. The molecular formula is C48H32N2O. The summed E-state index contributed by atoms with van der Waals surface area (Å²) in [7, 11) is 0. The van der Waals surface area contributed by atoms with Crippen molar-refractivity contribution in [3.05, 3.63) is 193 Å². The van der Waals surface area contributed by atoms with E-state index in [9.17, 15) is 0 Å². The van der Waals surface area contributed by atoms with Crippen molar-refractivity contribution in [3.63, 3.8) is 0 Å². The fourth-order valence-electron chi connectivity index (χ4n) is 7.96. The maximum absolute atomic E-state index is 6.26. The highest BCUT2D eigenvalue weighted by molar-refractivity contribution is 6.05. The molecular weight excluding hydrogens is 621 g/mol. The van der Waals surface area contributed by atoms with Crippen LogP contribution in [-0.4, -0.2) is 9.97 Å². The van der Waals surface area contributed by atoms with Gasteiger partial charge >= 0.3 is 0 Å². The van der Waals surface area contributed by atoms with Crippen molar-refractivity contribution in [2.45, 2.75) is 12.3 Å². The van der Waals surface area contributed by atoms with Crippen LogP contribution in [0.5, 0.6) is 0 Å². The van der Waals surface area contributed by atoms with Gasteiger partial charge in [-0.25, -0.2) is 9.97 Å². The van der Waals surface area contributed by atoms with Gasteiger partial charge in [-0.15, -0.1) is 0 Å². The summed E-state index contributed by atoms with van der Waals surface area (Å²) in [4.78, 5) is 10.2. The third kappa shape index (κ3) is 4.74. The van der Waals surface area contributed by atoms with Crippen molar-refractivity contribution in [3.8, 4) is 56.2 Å². The van der Waals surface area contributed by atoms with Crippen molar-refractivity contribution in [1.29, 1.82) is 0 Å². The normalized spacial score (nSPS) is 14.8. The van der Waals surface area contributed by atoms with Gasteiger partial charge in [-0.3, -0.25) is 0 Å². The average molecular weight is 653 g/mol. The quantitative estimate of drug-likeness (QED) is 0.186. The van der Waals surface area contributed by atoms with Crippen LogP contribution >= 0.6 is 0 Å². The highest BCUT2D eigenvalue weighted by atomic mass is 16.3. The fraction of sp³-hybridized carbons (Fsp3) is 0.0417. The molecule has 0 fully saturated rings. The van der Waals surface area contributed by atoms with Crippen LogP contribution in [0.1, 0.15) is 23.6 Å². The number of aromatic nitrogens is 2. The molecule has 9 aromatic rings. The van der Waals surface area contributed by atoms with Gasteiger partial charge in [-0.2, -0.15) is 0 Å². The summed E-state index contributed by atoms with van der Waals surface area (Å²) in [5.74, 6) is 0.687. The highest BCUT2D eigenvalue weighted by Gasteiger charge is 2.40. The smallest absolute Gasteiger partial charge is 0.160 e. The Kier molecular flexibility index (Phi) is 6.62. The largest absolute Gasteiger partial charge is 0.456 e. The standard InChI is InChI=1S/C48H32N2O/c1-48(36-17-6-3-7-18-36)41-21-10-8-19-37(41)38-25-23-33(28-42(38)48)32-15-12-16-34(27-32)43-30-44(50-47(49-43)31-13-4-2-5-14-31)35-24-26-40-39-20-9-11-22-45(39)51-46(40)29-35/h2-30H,1H3. The van der Waals surface area contributed by atoms with Gasteiger partial charge in [0.2, 0.25) is 0 Å². The van der Waals surface area contributed by atoms with E-state index in [0.717, 1.165) is 55.6 Å². The summed E-state index contributed by atoms with van der Waals surface area (Å²) in [6.07, 6.45) is 0. The zero-order valence-corrected chi connectivity index (χ0v) is 28.0. The lowest BCUT2D eigenvalue weighted by Gasteiger charge is -2.28. The average Bonchev–Trinajstić information content (AvgIpc) is 3.71. The van der Waals surface area contributed by atoms with E-state index >= 15 is 0 Å². The van der Waals surface area contributed by atoms with Crippen LogP contribution in [0.3, 0.4) is 0 Å². The molecule has 0 amide bonds. The molecule has 0 bridgehead atoms. The van der Waals surface area contributed by atoms with Gasteiger partial charge in [0.25, 0.3) is 0 Å². The summed E-state index contributed by atoms with van der Waals surface area (Å²) in [5, 5.41) is 2.21. The number of para-hydroxylation sites is 1. The first-order valence-electron chi connectivity index (χ1n) is 17.4. The fourth-order valence-corrected chi connectivity index (χ4v) is 7.96. The molecule has 51 heavy (non-hydrogen) atoms. The summed E-state index contributed by atoms with van der Waals surface area (Å²) < 4.78 is 6.26. The number of furan rings is 1. The minimum Gasteiger partial charge on any atom is -0.456 e. The Morgan fingerprint density at radius 1 is 0.412 bits per heavy atom. The second kappa shape index (κ2) is 11.5. The number of nitrogens with zero attached hydrogens (tertiary/aromatic N) is 2. The van der Waals surface area contributed by atoms with Crippen LogP contribution < -0.4 is 0 Å². The van der Waals surface area contributed by atoms with E-state index in [1.165, 1.54) is 33.4 Å². The van der Waals surface area contributed by atoms with Gasteiger partial charge < -0.3 is 4.42 Å². The molecule has 3 nitrogen and oxygen atoms in total. The molecule has 1 aliphatic carbocycles. The highest BCUT2D eigenvalue weighted by Crippen LogP contribution is 2.53. The molecule has 2 heterocycles. The number of hydrogen-bond donors (Lipinski definition) is 0. The Bertz CT molecular complexity index is 2760. The summed E-state index contributed by atoms with van der Waals surface area (Å²) in [6, 6.07) is 62.2. The summed E-state index contributed by atoms with van der Waals surface area (Å²) >= 11 is 0. The topological polar surface area (TPSA) is 38.9 Å². The lowest BCUT2D eigenvalue weighted by Crippen LogP contribution is -2.22. The van der Waals surface area contributed by atoms with E-state index in [1.54, 1.807) is 0 Å². The maximum atomic E-state index is 6.26. The number of rotatable bonds is 5. The molecule has 3 heteroatoms. The predicted octanol–water partition coefficient (Wildman–Crippen LogP) is 12.4. The molecule has 10 rings (SSSR count). The van der Waals surface area contributed by atoms with Crippen molar-refractivity contribution >= 4 is 21.9 Å². The van der Waals surface area contributed by atoms with Crippen molar-refractivity contribution in [2.24, 2.45) is 0 Å². The molecule has 0 radical (unpaired) electrons. The lowest BCUT2D eigenvalue weighted by atomic mass is 9.74. The van der Waals surface area contributed by atoms with Crippen LogP contribution in [0.25, 0.3) is 78.1 Å². The second-order valence-electron chi connectivity index (χ2n) is 13.5. The van der Waals surface area contributed by atoms with E-state index in [2.05, 4.69) is 146 Å². The van der Waals surface area contributed by atoms with Gasteiger partial charge in [0.1, 0.15) is 11.2 Å². The molecule has 7 aromatic carbocycles. The van der Waals surface area contributed by atoms with E-state index < -0.39 is 0 Å². The Hall–Kier alpha value is -6.58. The Labute approximate surface area is 296 Å². The van der Waals surface area contributed by atoms with Gasteiger partial charge in [0.05, 0.1) is 11.4 Å². The zero-order chi connectivity index (χ0) is 33.9. The Balaban J connectivity index is 1.10. The molecule has 0 aliphatic heterocycles. The van der Waals surface area contributed by atoms with E-state index in [4.69, 9.17) is 14.4 Å². The van der Waals surface area contributed by atoms with Gasteiger partial charge in [-0.05, 0) is 82.3 Å². The summed E-state index contributed by atoms with van der Waals surface area (Å²) in [5.41, 5.74) is 15.1. The first-order valence-corrected chi connectivity index (χ1v) is 17.4. The van der Waals surface area contributed by atoms with Crippen LogP contribution in [0.15, 0.2) is 180 Å². The van der Waals surface area contributed by atoms with Crippen LogP contribution in [0, 0.1) is 0 Å². The molecule has 0 N–H and O–H groups in total. The molecule has 2 aromatic heterocycles. The van der Waals surface area contributed by atoms with E-state index in [-0.39, 0.29) is 5.41 Å². The molecule has 0 saturated heterocycles. The molecule has 1 atom stereocenters. The number of fused-ring (bicyclic) bond motifs is 6. The minimum absolute atomic E-state index is 0.256. The maximum Gasteiger partial charge on any atom is 0.160 e. The molecule has 240 valence electrons. The molecule has 1 aliphatic rings. The Morgan fingerprint density at radius 3 is 1.86 bits per heavy atom. The molecule has 0 saturated carbocycles. The third-order valence-electron chi connectivity index (χ3n) is 10.6.